The van der Waals surface area contributed by atoms with Crippen LogP contribution in [0.2, 0.25) is 0 Å². The molecule has 0 radical (unpaired) electrons. The molecule has 0 aliphatic rings. The van der Waals surface area contributed by atoms with E-state index in [2.05, 4.69) is 44.0 Å². The second kappa shape index (κ2) is 8.18. The van der Waals surface area contributed by atoms with Gasteiger partial charge in [0.25, 0.3) is 0 Å². The molecule has 19 heavy (non-hydrogen) atoms. The second-order valence-corrected chi connectivity index (χ2v) is 5.36. The highest BCUT2D eigenvalue weighted by Crippen LogP contribution is 2.25. The van der Waals surface area contributed by atoms with Crippen LogP contribution in [0.1, 0.15) is 37.3 Å². The van der Waals surface area contributed by atoms with Gasteiger partial charge in [0, 0.05) is 19.7 Å². The molecular formula is C16H27NO2. The van der Waals surface area contributed by atoms with Gasteiger partial charge in [-0.3, -0.25) is 0 Å². The number of hydrogen-bond acceptors (Lipinski definition) is 3. The number of benzene rings is 1. The summed E-state index contributed by atoms with van der Waals surface area (Å²) in [6.45, 7) is 6.56. The summed E-state index contributed by atoms with van der Waals surface area (Å²) in [5.41, 5.74) is 2.57. The van der Waals surface area contributed by atoms with Crippen molar-refractivity contribution in [3.05, 3.63) is 29.3 Å². The quantitative estimate of drug-likeness (QED) is 0.784. The Morgan fingerprint density at radius 2 is 2.00 bits per heavy atom. The number of ether oxygens (including phenoxy) is 1. The van der Waals surface area contributed by atoms with Gasteiger partial charge in [0.15, 0.2) is 0 Å². The fourth-order valence-corrected chi connectivity index (χ4v) is 2.09. The molecule has 1 rings (SSSR count). The smallest absolute Gasteiger partial charge is 0.122 e. The number of likely N-dealkylation sites (N-methyl/N-ethyl adjacent to an activating group) is 1. The Morgan fingerprint density at radius 1 is 1.26 bits per heavy atom. The van der Waals surface area contributed by atoms with Gasteiger partial charge in [-0.05, 0) is 43.0 Å². The predicted molar refractivity (Wildman–Crippen MR) is 80.0 cm³/mol. The Balaban J connectivity index is 2.62. The Kier molecular flexibility index (Phi) is 6.89. The molecule has 0 fully saturated rings. The lowest BCUT2D eigenvalue weighted by Gasteiger charge is -2.17. The lowest BCUT2D eigenvalue weighted by atomic mass is 10.00. The highest BCUT2D eigenvalue weighted by Gasteiger charge is 2.08. The summed E-state index contributed by atoms with van der Waals surface area (Å²) in [7, 11) is 3.82. The first-order valence-electron chi connectivity index (χ1n) is 7.04. The van der Waals surface area contributed by atoms with E-state index in [1.165, 1.54) is 11.1 Å². The lowest BCUT2D eigenvalue weighted by molar-refractivity contribution is 0.248. The molecular weight excluding hydrogens is 238 g/mol. The van der Waals surface area contributed by atoms with Crippen LogP contribution in [0, 0.1) is 0 Å². The first-order valence-corrected chi connectivity index (χ1v) is 7.04. The van der Waals surface area contributed by atoms with E-state index in [4.69, 9.17) is 9.84 Å². The van der Waals surface area contributed by atoms with Crippen molar-refractivity contribution >= 4 is 0 Å². The Morgan fingerprint density at radius 3 is 2.58 bits per heavy atom. The summed E-state index contributed by atoms with van der Waals surface area (Å²) in [5, 5.41) is 8.82. The van der Waals surface area contributed by atoms with Crippen molar-refractivity contribution < 1.29 is 9.84 Å². The largest absolute Gasteiger partial charge is 0.496 e. The molecule has 0 heterocycles. The van der Waals surface area contributed by atoms with Gasteiger partial charge in [-0.25, -0.2) is 0 Å². The summed E-state index contributed by atoms with van der Waals surface area (Å²) in [6, 6.07) is 6.51. The first-order chi connectivity index (χ1) is 9.08. The molecule has 3 nitrogen and oxygen atoms in total. The number of methoxy groups -OCH3 is 1. The van der Waals surface area contributed by atoms with Crippen LogP contribution < -0.4 is 4.74 Å². The van der Waals surface area contributed by atoms with Crippen LogP contribution >= 0.6 is 0 Å². The van der Waals surface area contributed by atoms with Gasteiger partial charge in [0.1, 0.15) is 5.75 Å². The molecule has 1 aromatic rings. The zero-order valence-corrected chi connectivity index (χ0v) is 12.6. The van der Waals surface area contributed by atoms with Crippen LogP contribution in [0.15, 0.2) is 18.2 Å². The monoisotopic (exact) mass is 265 g/mol. The van der Waals surface area contributed by atoms with E-state index in [1.807, 2.05) is 0 Å². The van der Waals surface area contributed by atoms with Crippen molar-refractivity contribution in [1.82, 2.24) is 4.90 Å². The highest BCUT2D eigenvalue weighted by atomic mass is 16.5. The average Bonchev–Trinajstić information content (AvgIpc) is 2.42. The van der Waals surface area contributed by atoms with Crippen LogP contribution in [-0.4, -0.2) is 43.9 Å². The molecule has 0 atom stereocenters. The molecule has 1 aromatic carbocycles. The van der Waals surface area contributed by atoms with E-state index < -0.39 is 0 Å². The normalized spacial score (nSPS) is 11.3. The third kappa shape index (κ3) is 5.21. The summed E-state index contributed by atoms with van der Waals surface area (Å²) < 4.78 is 5.49. The number of aliphatic hydroxyl groups excluding tert-OH is 1. The average molecular weight is 265 g/mol. The Hall–Kier alpha value is -1.06. The van der Waals surface area contributed by atoms with Crippen LogP contribution in [0.5, 0.6) is 5.75 Å². The van der Waals surface area contributed by atoms with Gasteiger partial charge in [0.05, 0.1) is 7.11 Å². The molecule has 0 spiro atoms. The number of hydrogen-bond donors (Lipinski definition) is 1. The third-order valence-electron chi connectivity index (χ3n) is 3.44. The van der Waals surface area contributed by atoms with Gasteiger partial charge in [-0.15, -0.1) is 0 Å². The van der Waals surface area contributed by atoms with Crippen LogP contribution in [-0.2, 0) is 6.42 Å². The van der Waals surface area contributed by atoms with Crippen LogP contribution in [0.25, 0.3) is 0 Å². The summed E-state index contributed by atoms with van der Waals surface area (Å²) >= 11 is 0. The fourth-order valence-electron chi connectivity index (χ4n) is 2.09. The van der Waals surface area contributed by atoms with E-state index in [0.717, 1.165) is 31.7 Å². The Labute approximate surface area is 117 Å². The van der Waals surface area contributed by atoms with Crippen molar-refractivity contribution in [1.29, 1.82) is 0 Å². The van der Waals surface area contributed by atoms with E-state index in [9.17, 15) is 0 Å². The molecule has 108 valence electrons. The maximum Gasteiger partial charge on any atom is 0.122 e. The fraction of sp³-hybridized carbons (Fsp3) is 0.625. The van der Waals surface area contributed by atoms with Crippen molar-refractivity contribution in [2.75, 3.05) is 33.9 Å². The molecule has 0 unspecified atom stereocenters. The van der Waals surface area contributed by atoms with Gasteiger partial charge in [0.2, 0.25) is 0 Å². The third-order valence-corrected chi connectivity index (χ3v) is 3.44. The van der Waals surface area contributed by atoms with Crippen molar-refractivity contribution in [3.63, 3.8) is 0 Å². The van der Waals surface area contributed by atoms with Gasteiger partial charge < -0.3 is 14.7 Å². The van der Waals surface area contributed by atoms with Gasteiger partial charge >= 0.3 is 0 Å². The predicted octanol–water partition coefficient (Wildman–Crippen LogP) is 2.68. The maximum atomic E-state index is 8.82. The maximum absolute atomic E-state index is 8.82. The van der Waals surface area contributed by atoms with Crippen LogP contribution in [0.4, 0.5) is 0 Å². The summed E-state index contributed by atoms with van der Waals surface area (Å²) in [4.78, 5) is 2.24. The molecule has 0 bridgehead atoms. The molecule has 0 aromatic heterocycles. The van der Waals surface area contributed by atoms with E-state index >= 15 is 0 Å². The zero-order valence-electron chi connectivity index (χ0n) is 12.6. The molecule has 0 aliphatic heterocycles. The topological polar surface area (TPSA) is 32.7 Å². The van der Waals surface area contributed by atoms with E-state index in [0.29, 0.717) is 5.92 Å². The van der Waals surface area contributed by atoms with Gasteiger partial charge in [-0.1, -0.05) is 26.0 Å². The van der Waals surface area contributed by atoms with Crippen molar-refractivity contribution in [2.45, 2.75) is 32.6 Å². The molecule has 0 aliphatic carbocycles. The molecule has 0 amide bonds. The van der Waals surface area contributed by atoms with E-state index in [1.54, 1.807) is 7.11 Å². The zero-order chi connectivity index (χ0) is 14.3. The SMILES string of the molecule is COc1cc(C(C)C)ccc1CCN(C)CCCO. The molecule has 0 saturated heterocycles. The standard InChI is InChI=1S/C16H27NO2/c1-13(2)15-7-6-14(16(12-15)19-4)8-10-17(3)9-5-11-18/h6-7,12-13,18H,5,8-11H2,1-4H3. The second-order valence-electron chi connectivity index (χ2n) is 5.36. The highest BCUT2D eigenvalue weighted by molar-refractivity contribution is 5.38. The minimum absolute atomic E-state index is 0.261. The summed E-state index contributed by atoms with van der Waals surface area (Å²) in [6.07, 6.45) is 1.81. The van der Waals surface area contributed by atoms with E-state index in [-0.39, 0.29) is 6.61 Å². The number of rotatable bonds is 8. The van der Waals surface area contributed by atoms with Gasteiger partial charge in [-0.2, -0.15) is 0 Å². The summed E-state index contributed by atoms with van der Waals surface area (Å²) in [5.74, 6) is 1.51. The first kappa shape index (κ1) is 16.0. The van der Waals surface area contributed by atoms with Crippen molar-refractivity contribution in [2.24, 2.45) is 0 Å². The number of nitrogens with zero attached hydrogens (tertiary/aromatic N) is 1. The molecule has 1 N–H and O–H groups in total. The van der Waals surface area contributed by atoms with Crippen molar-refractivity contribution in [3.8, 4) is 5.75 Å². The Bertz CT molecular complexity index is 377. The minimum Gasteiger partial charge on any atom is -0.496 e. The number of aliphatic hydroxyl groups is 1. The molecule has 3 heteroatoms. The molecule has 0 saturated carbocycles. The minimum atomic E-state index is 0.261. The lowest BCUT2D eigenvalue weighted by Crippen LogP contribution is -2.23. The van der Waals surface area contributed by atoms with Crippen LogP contribution in [0.3, 0.4) is 0 Å².